The molecule has 0 spiro atoms. The van der Waals surface area contributed by atoms with E-state index >= 15 is 0 Å². The van der Waals surface area contributed by atoms with Crippen LogP contribution in [0.25, 0.3) is 11.3 Å². The molecule has 110 valence electrons. The summed E-state index contributed by atoms with van der Waals surface area (Å²) in [7, 11) is 0. The zero-order valence-electron chi connectivity index (χ0n) is 11.9. The Balaban J connectivity index is 1.85. The lowest BCUT2D eigenvalue weighted by atomic mass is 10.1. The highest BCUT2D eigenvalue weighted by Crippen LogP contribution is 2.30. The monoisotopic (exact) mass is 357 g/mol. The van der Waals surface area contributed by atoms with Gasteiger partial charge in [0.25, 0.3) is 0 Å². The number of rotatable bonds is 3. The minimum Gasteiger partial charge on any atom is -0.455 e. The van der Waals surface area contributed by atoms with Gasteiger partial charge in [-0.05, 0) is 55.0 Å². The zero-order chi connectivity index (χ0) is 15.5. The largest absolute Gasteiger partial charge is 0.455 e. The van der Waals surface area contributed by atoms with Gasteiger partial charge in [0, 0.05) is 10.0 Å². The predicted octanol–water partition coefficient (Wildman–Crippen LogP) is 5.91. The second-order valence-electron chi connectivity index (χ2n) is 4.92. The van der Waals surface area contributed by atoms with Gasteiger partial charge < -0.3 is 4.42 Å². The van der Waals surface area contributed by atoms with Crippen LogP contribution in [0.5, 0.6) is 0 Å². The Bertz CT molecular complexity index is 839. The van der Waals surface area contributed by atoms with Crippen LogP contribution < -0.4 is 0 Å². The highest BCUT2D eigenvalue weighted by molar-refractivity contribution is 9.10. The van der Waals surface area contributed by atoms with Gasteiger partial charge in [-0.3, -0.25) is 4.99 Å². The topological polar surface area (TPSA) is 25.5 Å². The predicted molar refractivity (Wildman–Crippen MR) is 90.2 cm³/mol. The first-order valence-electron chi connectivity index (χ1n) is 6.78. The average Bonchev–Trinajstić information content (AvgIpc) is 2.94. The molecule has 22 heavy (non-hydrogen) atoms. The molecule has 0 amide bonds. The number of aliphatic imine (C=N–C) groups is 1. The van der Waals surface area contributed by atoms with Crippen molar-refractivity contribution in [2.24, 2.45) is 4.99 Å². The Kier molecular flexibility index (Phi) is 4.20. The fourth-order valence-electron chi connectivity index (χ4n) is 2.08. The van der Waals surface area contributed by atoms with Gasteiger partial charge in [-0.1, -0.05) is 28.1 Å². The van der Waals surface area contributed by atoms with Gasteiger partial charge in [0.15, 0.2) is 0 Å². The molecule has 3 aromatic rings. The number of benzene rings is 2. The van der Waals surface area contributed by atoms with Crippen molar-refractivity contribution in [2.45, 2.75) is 6.92 Å². The van der Waals surface area contributed by atoms with Crippen LogP contribution in [-0.2, 0) is 0 Å². The summed E-state index contributed by atoms with van der Waals surface area (Å²) < 4.78 is 19.8. The van der Waals surface area contributed by atoms with Gasteiger partial charge in [-0.15, -0.1) is 0 Å². The summed E-state index contributed by atoms with van der Waals surface area (Å²) in [5, 5.41) is 0. The molecule has 0 fully saturated rings. The molecule has 0 saturated heterocycles. The molecule has 3 rings (SSSR count). The number of furan rings is 1. The fraction of sp³-hybridized carbons (Fsp3) is 0.0556. The molecule has 0 radical (unpaired) electrons. The van der Waals surface area contributed by atoms with E-state index in [4.69, 9.17) is 4.42 Å². The molecular formula is C18H13BrFNO. The van der Waals surface area contributed by atoms with E-state index in [0.717, 1.165) is 15.8 Å². The molecule has 0 saturated carbocycles. The number of aryl methyl sites for hydroxylation is 1. The van der Waals surface area contributed by atoms with E-state index in [1.165, 1.54) is 17.7 Å². The van der Waals surface area contributed by atoms with Crippen molar-refractivity contribution in [1.29, 1.82) is 0 Å². The van der Waals surface area contributed by atoms with Gasteiger partial charge in [0.2, 0.25) is 0 Å². The molecular weight excluding hydrogens is 345 g/mol. The Morgan fingerprint density at radius 2 is 1.95 bits per heavy atom. The third-order valence-electron chi connectivity index (χ3n) is 3.17. The van der Waals surface area contributed by atoms with Crippen LogP contribution in [0.15, 0.2) is 68.5 Å². The molecule has 1 heterocycles. The minimum absolute atomic E-state index is 0.307. The zero-order valence-corrected chi connectivity index (χ0v) is 13.5. The average molecular weight is 358 g/mol. The second-order valence-corrected chi connectivity index (χ2v) is 5.78. The van der Waals surface area contributed by atoms with Gasteiger partial charge in [0.1, 0.15) is 17.3 Å². The number of hydrogen-bond acceptors (Lipinski definition) is 2. The van der Waals surface area contributed by atoms with Crippen LogP contribution in [0.3, 0.4) is 0 Å². The first kappa shape index (κ1) is 14.7. The Hall–Kier alpha value is -2.20. The smallest absolute Gasteiger partial charge is 0.145 e. The lowest BCUT2D eigenvalue weighted by molar-refractivity contribution is 0.575. The first-order valence-corrected chi connectivity index (χ1v) is 7.57. The van der Waals surface area contributed by atoms with Crippen molar-refractivity contribution >= 4 is 27.8 Å². The van der Waals surface area contributed by atoms with Crippen LogP contribution in [0.1, 0.15) is 11.3 Å². The molecule has 0 aliphatic carbocycles. The maximum Gasteiger partial charge on any atom is 0.145 e. The molecule has 1 aromatic heterocycles. The lowest BCUT2D eigenvalue weighted by Crippen LogP contribution is -1.79. The summed E-state index contributed by atoms with van der Waals surface area (Å²) in [6, 6.07) is 15.9. The molecule has 0 atom stereocenters. The number of hydrogen-bond donors (Lipinski definition) is 0. The standard InChI is InChI=1S/C18H13BrFNO/c1-12-5-7-16(17(19)9-12)18-8-6-15(22-18)11-21-14-4-2-3-13(20)10-14/h2-11H,1H3. The Morgan fingerprint density at radius 1 is 1.09 bits per heavy atom. The van der Waals surface area contributed by atoms with Crippen LogP contribution in [0, 0.1) is 12.7 Å². The molecule has 0 aliphatic rings. The minimum atomic E-state index is -0.307. The third-order valence-corrected chi connectivity index (χ3v) is 3.82. The van der Waals surface area contributed by atoms with Crippen LogP contribution in [0.4, 0.5) is 10.1 Å². The summed E-state index contributed by atoms with van der Waals surface area (Å²) in [5.74, 6) is 1.07. The van der Waals surface area contributed by atoms with E-state index in [0.29, 0.717) is 11.4 Å². The number of nitrogens with zero attached hydrogens (tertiary/aromatic N) is 1. The van der Waals surface area contributed by atoms with E-state index in [1.807, 2.05) is 37.3 Å². The second kappa shape index (κ2) is 6.28. The van der Waals surface area contributed by atoms with Crippen molar-refractivity contribution in [3.05, 3.63) is 76.2 Å². The fourth-order valence-corrected chi connectivity index (χ4v) is 2.77. The van der Waals surface area contributed by atoms with E-state index < -0.39 is 0 Å². The molecule has 4 heteroatoms. The Morgan fingerprint density at radius 3 is 2.73 bits per heavy atom. The van der Waals surface area contributed by atoms with Gasteiger partial charge in [-0.2, -0.15) is 0 Å². The van der Waals surface area contributed by atoms with Crippen molar-refractivity contribution < 1.29 is 8.81 Å². The van der Waals surface area contributed by atoms with Gasteiger partial charge in [-0.25, -0.2) is 4.39 Å². The Labute approximate surface area is 136 Å². The highest BCUT2D eigenvalue weighted by Gasteiger charge is 2.07. The summed E-state index contributed by atoms with van der Waals surface area (Å²) in [6.07, 6.45) is 1.58. The van der Waals surface area contributed by atoms with E-state index in [-0.39, 0.29) is 5.82 Å². The van der Waals surface area contributed by atoms with E-state index in [2.05, 4.69) is 20.9 Å². The lowest BCUT2D eigenvalue weighted by Gasteiger charge is -2.01. The van der Waals surface area contributed by atoms with Crippen molar-refractivity contribution in [1.82, 2.24) is 0 Å². The molecule has 0 bridgehead atoms. The van der Waals surface area contributed by atoms with Crippen LogP contribution in [0.2, 0.25) is 0 Å². The third kappa shape index (κ3) is 3.34. The van der Waals surface area contributed by atoms with E-state index in [9.17, 15) is 4.39 Å². The molecule has 0 N–H and O–H groups in total. The van der Waals surface area contributed by atoms with Gasteiger partial charge in [0.05, 0.1) is 11.9 Å². The van der Waals surface area contributed by atoms with E-state index in [1.54, 1.807) is 18.3 Å². The summed E-state index contributed by atoms with van der Waals surface area (Å²) >= 11 is 3.54. The van der Waals surface area contributed by atoms with Crippen LogP contribution in [-0.4, -0.2) is 6.21 Å². The summed E-state index contributed by atoms with van der Waals surface area (Å²) in [5.41, 5.74) is 2.71. The first-order chi connectivity index (χ1) is 10.6. The van der Waals surface area contributed by atoms with Crippen molar-refractivity contribution in [3.63, 3.8) is 0 Å². The summed E-state index contributed by atoms with van der Waals surface area (Å²) in [4.78, 5) is 4.21. The van der Waals surface area contributed by atoms with Crippen molar-refractivity contribution in [3.8, 4) is 11.3 Å². The van der Waals surface area contributed by atoms with Crippen LogP contribution >= 0.6 is 15.9 Å². The molecule has 2 aromatic carbocycles. The maximum atomic E-state index is 13.1. The summed E-state index contributed by atoms with van der Waals surface area (Å²) in [6.45, 7) is 2.04. The normalized spacial score (nSPS) is 11.2. The number of halogens is 2. The molecule has 2 nitrogen and oxygen atoms in total. The quantitative estimate of drug-likeness (QED) is 0.535. The SMILES string of the molecule is Cc1ccc(-c2ccc(C=Nc3cccc(F)c3)o2)c(Br)c1. The highest BCUT2D eigenvalue weighted by atomic mass is 79.9. The van der Waals surface area contributed by atoms with Gasteiger partial charge >= 0.3 is 0 Å². The maximum absolute atomic E-state index is 13.1. The van der Waals surface area contributed by atoms with Crippen molar-refractivity contribution in [2.75, 3.05) is 0 Å². The molecule has 0 unspecified atom stereocenters. The molecule has 0 aliphatic heterocycles.